The largest absolute Gasteiger partial charge is 0.0952 e. The molecule has 0 bridgehead atoms. The zero-order valence-electron chi connectivity index (χ0n) is 19.4. The summed E-state index contributed by atoms with van der Waals surface area (Å²) in [5.41, 5.74) is 12.5. The van der Waals surface area contributed by atoms with Crippen LogP contribution in [0.15, 0.2) is 73.3 Å². The van der Waals surface area contributed by atoms with E-state index in [9.17, 15) is 0 Å². The molecule has 32 heavy (non-hydrogen) atoms. The third kappa shape index (κ3) is 4.37. The molecule has 162 valence electrons. The first-order chi connectivity index (χ1) is 15.7. The summed E-state index contributed by atoms with van der Waals surface area (Å²) in [5.74, 6) is 0.713. The Kier molecular flexibility index (Phi) is 6.12. The van der Waals surface area contributed by atoms with Crippen molar-refractivity contribution < 1.29 is 0 Å². The summed E-state index contributed by atoms with van der Waals surface area (Å²) in [7, 11) is 0. The maximum Gasteiger partial charge on any atom is -0.00254 e. The highest BCUT2D eigenvalue weighted by atomic mass is 14.2. The van der Waals surface area contributed by atoms with E-state index in [0.717, 1.165) is 19.3 Å². The van der Waals surface area contributed by atoms with E-state index in [1.165, 1.54) is 76.6 Å². The van der Waals surface area contributed by atoms with Crippen molar-refractivity contribution >= 4 is 11.6 Å². The van der Waals surface area contributed by atoms with Gasteiger partial charge in [-0.15, -0.1) is 0 Å². The minimum atomic E-state index is 0.713. The molecule has 0 heterocycles. The van der Waals surface area contributed by atoms with Gasteiger partial charge in [-0.1, -0.05) is 106 Å². The molecule has 2 aliphatic rings. The van der Waals surface area contributed by atoms with E-state index in [4.69, 9.17) is 0 Å². The lowest BCUT2D eigenvalue weighted by Crippen LogP contribution is -2.06. The van der Waals surface area contributed by atoms with E-state index in [2.05, 4.69) is 86.3 Å². The van der Waals surface area contributed by atoms with E-state index in [1.54, 1.807) is 5.56 Å². The predicted octanol–water partition coefficient (Wildman–Crippen LogP) is 8.98. The molecule has 0 aromatic heterocycles. The Morgan fingerprint density at radius 1 is 0.906 bits per heavy atom. The van der Waals surface area contributed by atoms with Crippen molar-refractivity contribution in [3.63, 3.8) is 0 Å². The van der Waals surface area contributed by atoms with Crippen LogP contribution >= 0.6 is 0 Å². The summed E-state index contributed by atoms with van der Waals surface area (Å²) >= 11 is 0. The molecule has 0 aliphatic heterocycles. The molecule has 1 fully saturated rings. The van der Waals surface area contributed by atoms with Crippen LogP contribution in [-0.4, -0.2) is 0 Å². The van der Waals surface area contributed by atoms with Crippen LogP contribution in [0.1, 0.15) is 84.7 Å². The second kappa shape index (κ2) is 9.33. The molecule has 0 saturated heterocycles. The van der Waals surface area contributed by atoms with E-state index >= 15 is 0 Å². The van der Waals surface area contributed by atoms with Crippen LogP contribution in [0.5, 0.6) is 0 Å². The zero-order valence-corrected chi connectivity index (χ0v) is 19.4. The Hall–Kier alpha value is -2.86. The summed E-state index contributed by atoms with van der Waals surface area (Å²) < 4.78 is 0. The summed E-state index contributed by atoms with van der Waals surface area (Å²) in [6.07, 6.45) is 14.5. The molecular formula is C32H34. The van der Waals surface area contributed by atoms with Gasteiger partial charge >= 0.3 is 0 Å². The molecule has 1 saturated carbocycles. The standard InChI is InChI=1S/C32H34/c1-3-23(2)26-17-15-24(16-18-26)19-25-20-29(27-9-5-4-6-10-27)22-30(21-25)32-14-8-12-28-11-7-13-31(28)32/h7-8,12-18,20-22,27H,2-6,9-11,19H2,1H3. The number of benzene rings is 3. The average molecular weight is 419 g/mol. The van der Waals surface area contributed by atoms with Crippen LogP contribution in [0.3, 0.4) is 0 Å². The van der Waals surface area contributed by atoms with Gasteiger partial charge in [0.05, 0.1) is 0 Å². The minimum absolute atomic E-state index is 0.713. The average Bonchev–Trinajstić information content (AvgIpc) is 3.33. The van der Waals surface area contributed by atoms with Gasteiger partial charge in [0.15, 0.2) is 0 Å². The molecule has 0 heteroatoms. The van der Waals surface area contributed by atoms with Crippen molar-refractivity contribution in [3.8, 4) is 11.1 Å². The first kappa shape index (κ1) is 21.0. The lowest BCUT2D eigenvalue weighted by Gasteiger charge is -2.24. The maximum atomic E-state index is 4.19. The minimum Gasteiger partial charge on any atom is -0.0952 e. The van der Waals surface area contributed by atoms with Crippen LogP contribution < -0.4 is 0 Å². The topological polar surface area (TPSA) is 0 Å². The zero-order chi connectivity index (χ0) is 21.9. The predicted molar refractivity (Wildman–Crippen MR) is 139 cm³/mol. The van der Waals surface area contributed by atoms with Gasteiger partial charge in [-0.05, 0) is 88.1 Å². The molecule has 0 amide bonds. The molecule has 2 aliphatic carbocycles. The van der Waals surface area contributed by atoms with Crippen molar-refractivity contribution in [1.29, 1.82) is 0 Å². The van der Waals surface area contributed by atoms with E-state index in [-0.39, 0.29) is 0 Å². The van der Waals surface area contributed by atoms with Crippen LogP contribution in [0.2, 0.25) is 0 Å². The van der Waals surface area contributed by atoms with Gasteiger partial charge in [0, 0.05) is 0 Å². The highest BCUT2D eigenvalue weighted by molar-refractivity contribution is 5.80. The summed E-state index contributed by atoms with van der Waals surface area (Å²) in [6.45, 7) is 6.36. The van der Waals surface area contributed by atoms with Crippen molar-refractivity contribution in [1.82, 2.24) is 0 Å². The fourth-order valence-electron chi connectivity index (χ4n) is 5.49. The first-order valence-corrected chi connectivity index (χ1v) is 12.4. The Labute approximate surface area is 193 Å². The molecule has 0 radical (unpaired) electrons. The van der Waals surface area contributed by atoms with Crippen molar-refractivity contribution in [2.24, 2.45) is 0 Å². The summed E-state index contributed by atoms with van der Waals surface area (Å²) in [4.78, 5) is 0. The SMILES string of the molecule is C=C(CC)c1ccc(Cc2cc(-c3cccc4c3C=CC4)cc(C3CCCCC3)c2)cc1. The smallest absolute Gasteiger partial charge is 0.00254 e. The molecule has 0 spiro atoms. The molecule has 5 rings (SSSR count). The van der Waals surface area contributed by atoms with Crippen LogP contribution in [-0.2, 0) is 12.8 Å². The van der Waals surface area contributed by atoms with Gasteiger partial charge in [0.1, 0.15) is 0 Å². The lowest BCUT2D eigenvalue weighted by molar-refractivity contribution is 0.443. The molecule has 0 nitrogen and oxygen atoms in total. The van der Waals surface area contributed by atoms with Crippen LogP contribution in [0, 0.1) is 0 Å². The molecule has 0 unspecified atom stereocenters. The summed E-state index contributed by atoms with van der Waals surface area (Å²) in [5, 5.41) is 0. The number of fused-ring (bicyclic) bond motifs is 1. The summed E-state index contributed by atoms with van der Waals surface area (Å²) in [6, 6.07) is 23.3. The van der Waals surface area contributed by atoms with Gasteiger partial charge in [-0.2, -0.15) is 0 Å². The lowest BCUT2D eigenvalue weighted by atomic mass is 9.81. The van der Waals surface area contributed by atoms with Crippen molar-refractivity contribution in [3.05, 3.63) is 107 Å². The second-order valence-electron chi connectivity index (χ2n) is 9.61. The number of hydrogen-bond donors (Lipinski definition) is 0. The molecular weight excluding hydrogens is 384 g/mol. The Balaban J connectivity index is 1.52. The third-order valence-corrected chi connectivity index (χ3v) is 7.42. The van der Waals surface area contributed by atoms with Gasteiger partial charge < -0.3 is 0 Å². The highest BCUT2D eigenvalue weighted by Gasteiger charge is 2.19. The van der Waals surface area contributed by atoms with E-state index in [0.29, 0.717) is 5.92 Å². The van der Waals surface area contributed by atoms with Crippen LogP contribution in [0.4, 0.5) is 0 Å². The quantitative estimate of drug-likeness (QED) is 0.374. The number of hydrogen-bond acceptors (Lipinski definition) is 0. The number of rotatable bonds is 6. The van der Waals surface area contributed by atoms with E-state index in [1.807, 2.05) is 0 Å². The van der Waals surface area contributed by atoms with Gasteiger partial charge in [0.2, 0.25) is 0 Å². The second-order valence-corrected chi connectivity index (χ2v) is 9.61. The maximum absolute atomic E-state index is 4.19. The Morgan fingerprint density at radius 2 is 1.72 bits per heavy atom. The molecule has 0 atom stereocenters. The molecule has 0 N–H and O–H groups in total. The molecule has 3 aromatic carbocycles. The fourth-order valence-corrected chi connectivity index (χ4v) is 5.49. The monoisotopic (exact) mass is 418 g/mol. The third-order valence-electron chi connectivity index (χ3n) is 7.42. The van der Waals surface area contributed by atoms with Crippen molar-refractivity contribution in [2.75, 3.05) is 0 Å². The van der Waals surface area contributed by atoms with E-state index < -0.39 is 0 Å². The normalized spacial score (nSPS) is 15.7. The highest BCUT2D eigenvalue weighted by Crippen LogP contribution is 2.38. The Bertz CT molecular complexity index is 1140. The van der Waals surface area contributed by atoms with Gasteiger partial charge in [-0.25, -0.2) is 0 Å². The van der Waals surface area contributed by atoms with Gasteiger partial charge in [0.25, 0.3) is 0 Å². The van der Waals surface area contributed by atoms with Crippen LogP contribution in [0.25, 0.3) is 22.8 Å². The fraction of sp³-hybridized carbons (Fsp3) is 0.312. The molecule has 3 aromatic rings. The van der Waals surface area contributed by atoms with Crippen molar-refractivity contribution in [2.45, 2.75) is 64.2 Å². The van der Waals surface area contributed by atoms with Gasteiger partial charge in [-0.3, -0.25) is 0 Å². The number of allylic oxidation sites excluding steroid dienone is 2. The Morgan fingerprint density at radius 3 is 2.50 bits per heavy atom. The first-order valence-electron chi connectivity index (χ1n) is 12.4.